The van der Waals surface area contributed by atoms with E-state index in [1.165, 1.54) is 25.0 Å². The van der Waals surface area contributed by atoms with Gasteiger partial charge in [-0.05, 0) is 65.9 Å². The van der Waals surface area contributed by atoms with Crippen LogP contribution < -0.4 is 4.72 Å². The van der Waals surface area contributed by atoms with Crippen molar-refractivity contribution in [3.8, 4) is 0 Å². The van der Waals surface area contributed by atoms with Crippen LogP contribution in [0.2, 0.25) is 5.02 Å². The van der Waals surface area contributed by atoms with Gasteiger partial charge >= 0.3 is 0 Å². The zero-order chi connectivity index (χ0) is 15.0. The third-order valence-corrected chi connectivity index (χ3v) is 6.78. The molecule has 0 spiro atoms. The highest BCUT2D eigenvalue weighted by Gasteiger charge is 2.34. The molecule has 2 aliphatic rings. The molecule has 1 saturated heterocycles. The van der Waals surface area contributed by atoms with E-state index < -0.39 is 10.0 Å². The van der Waals surface area contributed by atoms with Crippen molar-refractivity contribution >= 4 is 37.6 Å². The van der Waals surface area contributed by atoms with Gasteiger partial charge in [-0.1, -0.05) is 11.6 Å². The molecule has 1 heterocycles. The van der Waals surface area contributed by atoms with Gasteiger partial charge in [0.1, 0.15) is 0 Å². The van der Waals surface area contributed by atoms with E-state index in [0.29, 0.717) is 22.0 Å². The maximum atomic E-state index is 12.3. The molecule has 0 aromatic heterocycles. The van der Waals surface area contributed by atoms with Crippen LogP contribution in [-0.4, -0.2) is 39.0 Å². The van der Waals surface area contributed by atoms with Crippen molar-refractivity contribution in [2.24, 2.45) is 5.92 Å². The van der Waals surface area contributed by atoms with Gasteiger partial charge in [-0.15, -0.1) is 0 Å². The summed E-state index contributed by atoms with van der Waals surface area (Å²) in [5.74, 6) is 0.413. The average Bonchev–Trinajstić information content (AvgIpc) is 3.19. The number of rotatable bonds is 5. The molecule has 1 atom stereocenters. The molecular weight excluding hydrogens is 376 g/mol. The predicted octanol–water partition coefficient (Wildman–Crippen LogP) is 2.87. The molecule has 0 bridgehead atoms. The average molecular weight is 394 g/mol. The van der Waals surface area contributed by atoms with Crippen molar-refractivity contribution < 1.29 is 8.42 Å². The lowest BCUT2D eigenvalue weighted by Crippen LogP contribution is -2.31. The van der Waals surface area contributed by atoms with E-state index in [2.05, 4.69) is 25.6 Å². The van der Waals surface area contributed by atoms with E-state index >= 15 is 0 Å². The van der Waals surface area contributed by atoms with Gasteiger partial charge in [0.2, 0.25) is 10.0 Å². The van der Waals surface area contributed by atoms with Crippen LogP contribution in [0, 0.1) is 5.92 Å². The summed E-state index contributed by atoms with van der Waals surface area (Å²) in [6, 6.07) is 5.42. The van der Waals surface area contributed by atoms with Crippen LogP contribution in [0.4, 0.5) is 0 Å². The molecule has 1 saturated carbocycles. The number of benzene rings is 1. The third-order valence-electron chi connectivity index (χ3n) is 4.14. The topological polar surface area (TPSA) is 49.4 Å². The van der Waals surface area contributed by atoms with Crippen LogP contribution in [0.15, 0.2) is 27.6 Å². The Bertz CT molecular complexity index is 634. The Morgan fingerprint density at radius 1 is 1.33 bits per heavy atom. The lowest BCUT2D eigenvalue weighted by molar-refractivity contribution is 0.314. The van der Waals surface area contributed by atoms with Crippen molar-refractivity contribution in [3.05, 3.63) is 27.7 Å². The minimum absolute atomic E-state index is 0.246. The Morgan fingerprint density at radius 3 is 2.76 bits per heavy atom. The van der Waals surface area contributed by atoms with Gasteiger partial charge in [0.05, 0.1) is 9.92 Å². The van der Waals surface area contributed by atoms with Crippen LogP contribution in [0.1, 0.15) is 19.3 Å². The molecule has 1 unspecified atom stereocenters. The van der Waals surface area contributed by atoms with E-state index in [-0.39, 0.29) is 4.90 Å². The molecule has 21 heavy (non-hydrogen) atoms. The molecule has 116 valence electrons. The first-order valence-corrected chi connectivity index (χ1v) is 9.80. The normalized spacial score (nSPS) is 23.6. The number of nitrogens with zero attached hydrogens (tertiary/aromatic N) is 1. The number of hydrogen-bond donors (Lipinski definition) is 1. The van der Waals surface area contributed by atoms with E-state index in [9.17, 15) is 8.42 Å². The van der Waals surface area contributed by atoms with E-state index in [1.54, 1.807) is 6.07 Å². The second kappa shape index (κ2) is 6.16. The molecule has 1 N–H and O–H groups in total. The van der Waals surface area contributed by atoms with E-state index in [1.807, 2.05) is 0 Å². The molecule has 1 aromatic carbocycles. The summed E-state index contributed by atoms with van der Waals surface area (Å²) < 4.78 is 27.9. The first-order valence-electron chi connectivity index (χ1n) is 7.14. The Labute approximate surface area is 139 Å². The lowest BCUT2D eigenvalue weighted by atomic mass is 10.1. The van der Waals surface area contributed by atoms with Crippen LogP contribution in [-0.2, 0) is 10.0 Å². The van der Waals surface area contributed by atoms with Crippen molar-refractivity contribution in [1.29, 1.82) is 0 Å². The lowest BCUT2D eigenvalue weighted by Gasteiger charge is -2.15. The van der Waals surface area contributed by atoms with Crippen LogP contribution in [0.25, 0.3) is 0 Å². The highest BCUT2D eigenvalue weighted by Crippen LogP contribution is 2.31. The summed E-state index contributed by atoms with van der Waals surface area (Å²) in [5, 5.41) is 0.504. The van der Waals surface area contributed by atoms with Crippen LogP contribution in [0.5, 0.6) is 0 Å². The number of sulfonamides is 1. The summed E-state index contributed by atoms with van der Waals surface area (Å²) >= 11 is 9.15. The van der Waals surface area contributed by atoms with Crippen molar-refractivity contribution in [3.63, 3.8) is 0 Å². The fourth-order valence-electron chi connectivity index (χ4n) is 2.76. The highest BCUT2D eigenvalue weighted by molar-refractivity contribution is 9.10. The summed E-state index contributed by atoms with van der Waals surface area (Å²) in [6.45, 7) is 2.62. The molecule has 3 rings (SSSR count). The second-order valence-corrected chi connectivity index (χ2v) is 8.84. The van der Waals surface area contributed by atoms with Gasteiger partial charge < -0.3 is 4.90 Å². The van der Waals surface area contributed by atoms with Gasteiger partial charge in [0, 0.05) is 23.6 Å². The largest absolute Gasteiger partial charge is 0.300 e. The quantitative estimate of drug-likeness (QED) is 0.837. The summed E-state index contributed by atoms with van der Waals surface area (Å²) in [4.78, 5) is 2.73. The van der Waals surface area contributed by atoms with Gasteiger partial charge in [-0.25, -0.2) is 13.1 Å². The molecule has 1 aromatic rings. The van der Waals surface area contributed by atoms with E-state index in [4.69, 9.17) is 11.6 Å². The Kier molecular flexibility index (Phi) is 4.62. The minimum atomic E-state index is -3.47. The smallest absolute Gasteiger partial charge is 0.240 e. The molecule has 7 heteroatoms. The monoisotopic (exact) mass is 392 g/mol. The SMILES string of the molecule is O=S(=O)(NCC1CCN(C2CC2)C1)c1ccc(Cl)c(Br)c1. The van der Waals surface area contributed by atoms with Gasteiger partial charge in [-0.3, -0.25) is 0 Å². The van der Waals surface area contributed by atoms with Crippen LogP contribution in [0.3, 0.4) is 0 Å². The second-order valence-electron chi connectivity index (χ2n) is 5.81. The molecule has 0 amide bonds. The molecule has 0 radical (unpaired) electrons. The number of hydrogen-bond acceptors (Lipinski definition) is 3. The fraction of sp³-hybridized carbons (Fsp3) is 0.571. The molecule has 1 aliphatic heterocycles. The molecule has 2 fully saturated rings. The molecule has 1 aliphatic carbocycles. The highest BCUT2D eigenvalue weighted by atomic mass is 79.9. The van der Waals surface area contributed by atoms with E-state index in [0.717, 1.165) is 25.6 Å². The fourth-order valence-corrected chi connectivity index (χ4v) is 4.55. The standard InChI is InChI=1S/C14H18BrClN2O2S/c15-13-7-12(3-4-14(13)16)21(19,20)17-8-10-5-6-18(9-10)11-1-2-11/h3-4,7,10-11,17H,1-2,5-6,8-9H2. The van der Waals surface area contributed by atoms with Crippen molar-refractivity contribution in [1.82, 2.24) is 9.62 Å². The number of halogens is 2. The zero-order valence-corrected chi connectivity index (χ0v) is 14.7. The van der Waals surface area contributed by atoms with Crippen LogP contribution >= 0.6 is 27.5 Å². The summed E-state index contributed by atoms with van der Waals surface area (Å²) in [6.07, 6.45) is 3.68. The maximum Gasteiger partial charge on any atom is 0.240 e. The van der Waals surface area contributed by atoms with Gasteiger partial charge in [-0.2, -0.15) is 0 Å². The Hall–Kier alpha value is -0.140. The number of nitrogens with one attached hydrogen (secondary N) is 1. The first-order chi connectivity index (χ1) is 9.95. The summed E-state index contributed by atoms with van der Waals surface area (Å²) in [7, 11) is -3.47. The molecule has 4 nitrogen and oxygen atoms in total. The predicted molar refractivity (Wildman–Crippen MR) is 87.0 cm³/mol. The third kappa shape index (κ3) is 3.79. The number of likely N-dealkylation sites (tertiary alicyclic amines) is 1. The zero-order valence-electron chi connectivity index (χ0n) is 11.6. The van der Waals surface area contributed by atoms with Gasteiger partial charge in [0.25, 0.3) is 0 Å². The Morgan fingerprint density at radius 2 is 2.10 bits per heavy atom. The molecular formula is C14H18BrClN2O2S. The first kappa shape index (κ1) is 15.7. The van der Waals surface area contributed by atoms with Crippen molar-refractivity contribution in [2.75, 3.05) is 19.6 Å². The summed E-state index contributed by atoms with van der Waals surface area (Å²) in [5.41, 5.74) is 0. The van der Waals surface area contributed by atoms with Gasteiger partial charge in [0.15, 0.2) is 0 Å². The Balaban J connectivity index is 1.59. The minimum Gasteiger partial charge on any atom is -0.300 e. The maximum absolute atomic E-state index is 12.3. The van der Waals surface area contributed by atoms with Crippen molar-refractivity contribution in [2.45, 2.75) is 30.2 Å².